The van der Waals surface area contributed by atoms with Crippen molar-refractivity contribution < 1.29 is 9.53 Å². The number of hydrogen-bond acceptors (Lipinski definition) is 3. The highest BCUT2D eigenvalue weighted by Gasteiger charge is 2.30. The number of nitrogens with two attached hydrogens (primary N) is 1. The summed E-state index contributed by atoms with van der Waals surface area (Å²) in [6.07, 6.45) is 13.3. The van der Waals surface area contributed by atoms with Gasteiger partial charge in [0.1, 0.15) is 0 Å². The summed E-state index contributed by atoms with van der Waals surface area (Å²) in [7, 11) is 0. The van der Waals surface area contributed by atoms with Crippen molar-refractivity contribution >= 4 is 5.91 Å². The number of amides is 1. The number of carbonyl (C=O) groups excluding carboxylic acids is 1. The third-order valence-corrected chi connectivity index (χ3v) is 5.78. The van der Waals surface area contributed by atoms with Crippen LogP contribution in [0.5, 0.6) is 0 Å². The zero-order chi connectivity index (χ0) is 17.2. The van der Waals surface area contributed by atoms with Crippen molar-refractivity contribution in [3.8, 4) is 0 Å². The third kappa shape index (κ3) is 6.36. The lowest BCUT2D eigenvalue weighted by molar-refractivity contribution is -0.139. The van der Waals surface area contributed by atoms with Crippen LogP contribution in [-0.4, -0.2) is 43.2 Å². The number of piperidine rings is 1. The molecule has 4 heteroatoms. The smallest absolute Gasteiger partial charge is 0.225 e. The minimum atomic E-state index is 0.257. The number of ether oxygens (including phenoxy) is 1. The first-order chi connectivity index (χ1) is 11.7. The summed E-state index contributed by atoms with van der Waals surface area (Å²) >= 11 is 0. The number of carbonyl (C=O) groups is 1. The molecule has 2 N–H and O–H groups in total. The van der Waals surface area contributed by atoms with Crippen LogP contribution in [0.3, 0.4) is 0 Å². The average Bonchev–Trinajstić information content (AvgIpc) is 2.62. The van der Waals surface area contributed by atoms with E-state index in [9.17, 15) is 4.79 Å². The molecule has 1 amide bonds. The van der Waals surface area contributed by atoms with Crippen molar-refractivity contribution in [3.05, 3.63) is 0 Å². The van der Waals surface area contributed by atoms with E-state index < -0.39 is 0 Å². The largest absolute Gasteiger partial charge is 0.378 e. The fourth-order valence-electron chi connectivity index (χ4n) is 4.35. The lowest BCUT2D eigenvalue weighted by atomic mass is 9.81. The van der Waals surface area contributed by atoms with E-state index in [1.807, 2.05) is 0 Å². The molecule has 2 aliphatic rings. The van der Waals surface area contributed by atoms with Gasteiger partial charge in [-0.2, -0.15) is 0 Å². The second-order valence-electron chi connectivity index (χ2n) is 7.76. The van der Waals surface area contributed by atoms with E-state index in [1.165, 1.54) is 32.1 Å². The molecule has 1 heterocycles. The molecule has 0 radical (unpaired) electrons. The maximum atomic E-state index is 13.0. The molecule has 24 heavy (non-hydrogen) atoms. The van der Waals surface area contributed by atoms with E-state index in [0.717, 1.165) is 64.1 Å². The summed E-state index contributed by atoms with van der Waals surface area (Å²) in [5.74, 6) is 1.46. The second kappa shape index (κ2) is 11.1. The highest BCUT2D eigenvalue weighted by Crippen LogP contribution is 2.32. The molecule has 140 valence electrons. The molecule has 0 aromatic heterocycles. The van der Waals surface area contributed by atoms with E-state index in [-0.39, 0.29) is 5.92 Å². The quantitative estimate of drug-likeness (QED) is 0.652. The van der Waals surface area contributed by atoms with Gasteiger partial charge in [-0.3, -0.25) is 4.79 Å². The molecule has 1 aliphatic carbocycles. The van der Waals surface area contributed by atoms with Gasteiger partial charge in [-0.1, -0.05) is 45.4 Å². The van der Waals surface area contributed by atoms with Gasteiger partial charge < -0.3 is 15.4 Å². The summed E-state index contributed by atoms with van der Waals surface area (Å²) in [5, 5.41) is 0. The molecule has 1 atom stereocenters. The van der Waals surface area contributed by atoms with E-state index in [2.05, 4.69) is 11.8 Å². The number of nitrogens with zero attached hydrogens (tertiary/aromatic N) is 1. The van der Waals surface area contributed by atoms with Gasteiger partial charge in [0.2, 0.25) is 5.91 Å². The molecule has 0 aromatic rings. The van der Waals surface area contributed by atoms with Crippen molar-refractivity contribution in [2.75, 3.05) is 26.2 Å². The summed E-state index contributed by atoms with van der Waals surface area (Å²) < 4.78 is 5.86. The zero-order valence-corrected chi connectivity index (χ0v) is 15.7. The molecule has 4 nitrogen and oxygen atoms in total. The molecule has 0 bridgehead atoms. The Bertz CT molecular complexity index is 348. The highest BCUT2D eigenvalue weighted by atomic mass is 16.5. The fourth-order valence-corrected chi connectivity index (χ4v) is 4.35. The minimum absolute atomic E-state index is 0.257. The molecule has 1 unspecified atom stereocenters. The van der Waals surface area contributed by atoms with Gasteiger partial charge in [0.15, 0.2) is 0 Å². The predicted octanol–water partition coefficient (Wildman–Crippen LogP) is 3.73. The first-order valence-corrected chi connectivity index (χ1v) is 10.3. The topological polar surface area (TPSA) is 55.6 Å². The summed E-state index contributed by atoms with van der Waals surface area (Å²) in [4.78, 5) is 15.1. The van der Waals surface area contributed by atoms with Crippen molar-refractivity contribution in [1.29, 1.82) is 0 Å². The van der Waals surface area contributed by atoms with Gasteiger partial charge in [-0.25, -0.2) is 0 Å². The normalized spacial score (nSPS) is 21.8. The first kappa shape index (κ1) is 19.7. The molecular formula is C20H38N2O2. The SMILES string of the molecule is CCCC(CC1CCCCC1)C(=O)N1CCC(OCCCN)CC1. The van der Waals surface area contributed by atoms with Gasteiger partial charge >= 0.3 is 0 Å². The molecule has 0 aromatic carbocycles. The summed E-state index contributed by atoms with van der Waals surface area (Å²) in [5.41, 5.74) is 5.51. The van der Waals surface area contributed by atoms with E-state index >= 15 is 0 Å². The van der Waals surface area contributed by atoms with Crippen LogP contribution >= 0.6 is 0 Å². The lowest BCUT2D eigenvalue weighted by Gasteiger charge is -2.35. The lowest BCUT2D eigenvalue weighted by Crippen LogP contribution is -2.44. The fraction of sp³-hybridized carbons (Fsp3) is 0.950. The van der Waals surface area contributed by atoms with Crippen LogP contribution in [0.15, 0.2) is 0 Å². The molecule has 1 saturated carbocycles. The van der Waals surface area contributed by atoms with Crippen molar-refractivity contribution in [2.24, 2.45) is 17.6 Å². The first-order valence-electron chi connectivity index (χ1n) is 10.3. The molecule has 1 aliphatic heterocycles. The molecule has 1 saturated heterocycles. The van der Waals surface area contributed by atoms with Gasteiger partial charge in [0, 0.05) is 25.6 Å². The van der Waals surface area contributed by atoms with Crippen LogP contribution in [0, 0.1) is 11.8 Å². The van der Waals surface area contributed by atoms with Crippen molar-refractivity contribution in [2.45, 2.75) is 83.7 Å². The maximum Gasteiger partial charge on any atom is 0.225 e. The van der Waals surface area contributed by atoms with Crippen LogP contribution in [0.4, 0.5) is 0 Å². The van der Waals surface area contributed by atoms with Gasteiger partial charge in [0.05, 0.1) is 6.10 Å². The Morgan fingerprint density at radius 3 is 2.50 bits per heavy atom. The van der Waals surface area contributed by atoms with Crippen LogP contribution in [-0.2, 0) is 9.53 Å². The number of rotatable bonds is 9. The van der Waals surface area contributed by atoms with Crippen molar-refractivity contribution in [3.63, 3.8) is 0 Å². The van der Waals surface area contributed by atoms with Crippen molar-refractivity contribution in [1.82, 2.24) is 4.90 Å². The average molecular weight is 339 g/mol. The molecule has 2 rings (SSSR count). The minimum Gasteiger partial charge on any atom is -0.378 e. The van der Waals surface area contributed by atoms with Gasteiger partial charge in [-0.05, 0) is 44.6 Å². The Labute approximate surface area is 148 Å². The van der Waals surface area contributed by atoms with Gasteiger partial charge in [0.25, 0.3) is 0 Å². The number of likely N-dealkylation sites (tertiary alicyclic amines) is 1. The summed E-state index contributed by atoms with van der Waals surface area (Å²) in [6.45, 7) is 5.40. The van der Waals surface area contributed by atoms with Crippen LogP contribution < -0.4 is 5.73 Å². The Hall–Kier alpha value is -0.610. The zero-order valence-electron chi connectivity index (χ0n) is 15.7. The Morgan fingerprint density at radius 2 is 1.88 bits per heavy atom. The Kier molecular flexibility index (Phi) is 9.11. The van der Waals surface area contributed by atoms with E-state index in [4.69, 9.17) is 10.5 Å². The highest BCUT2D eigenvalue weighted by molar-refractivity contribution is 5.79. The van der Waals surface area contributed by atoms with E-state index in [0.29, 0.717) is 18.6 Å². The van der Waals surface area contributed by atoms with Crippen LogP contribution in [0.1, 0.15) is 77.6 Å². The predicted molar refractivity (Wildman–Crippen MR) is 98.8 cm³/mol. The monoisotopic (exact) mass is 338 g/mol. The maximum absolute atomic E-state index is 13.0. The van der Waals surface area contributed by atoms with Crippen LogP contribution in [0.25, 0.3) is 0 Å². The number of hydrogen-bond donors (Lipinski definition) is 1. The standard InChI is InChI=1S/C20H38N2O2/c1-2-7-18(16-17-8-4-3-5-9-17)20(23)22-13-10-19(11-14-22)24-15-6-12-21/h17-19H,2-16,21H2,1H3. The molecular weight excluding hydrogens is 300 g/mol. The molecule has 0 spiro atoms. The second-order valence-corrected chi connectivity index (χ2v) is 7.76. The van der Waals surface area contributed by atoms with Gasteiger partial charge in [-0.15, -0.1) is 0 Å². The Morgan fingerprint density at radius 1 is 1.17 bits per heavy atom. The summed E-state index contributed by atoms with van der Waals surface area (Å²) in [6, 6.07) is 0. The molecule has 2 fully saturated rings. The third-order valence-electron chi connectivity index (χ3n) is 5.78. The van der Waals surface area contributed by atoms with E-state index in [1.54, 1.807) is 0 Å². The Balaban J connectivity index is 1.77. The van der Waals surface area contributed by atoms with Crippen LogP contribution in [0.2, 0.25) is 0 Å².